The molecule has 1 aromatic rings. The van der Waals surface area contributed by atoms with Crippen LogP contribution >= 0.6 is 22.6 Å². The van der Waals surface area contributed by atoms with E-state index in [1.807, 2.05) is 22.6 Å². The molecule has 19 heavy (non-hydrogen) atoms. The Bertz CT molecular complexity index is 534. The third-order valence-electron chi connectivity index (χ3n) is 2.56. The standard InChI is InChI=1S/C14H13IO4/c1-9(14(18)19)5-4-8-12(16)13(17)10-6-2-3-7-11(10)15/h2-3,6-7H,1,4-5,8H2,(H,18,19). The number of hydrogen-bond acceptors (Lipinski definition) is 3. The van der Waals surface area contributed by atoms with Crippen LogP contribution < -0.4 is 0 Å². The summed E-state index contributed by atoms with van der Waals surface area (Å²) in [5.41, 5.74) is 0.444. The zero-order chi connectivity index (χ0) is 14.4. The maximum atomic E-state index is 11.9. The van der Waals surface area contributed by atoms with Gasteiger partial charge in [-0.1, -0.05) is 18.7 Å². The molecule has 0 aliphatic heterocycles. The van der Waals surface area contributed by atoms with Crippen LogP contribution in [0.15, 0.2) is 36.4 Å². The van der Waals surface area contributed by atoms with Crippen LogP contribution in [0, 0.1) is 3.57 Å². The van der Waals surface area contributed by atoms with Gasteiger partial charge >= 0.3 is 5.97 Å². The highest BCUT2D eigenvalue weighted by molar-refractivity contribution is 14.1. The molecule has 0 bridgehead atoms. The van der Waals surface area contributed by atoms with Gasteiger partial charge in [-0.3, -0.25) is 9.59 Å². The Kier molecular flexibility index (Phi) is 5.88. The van der Waals surface area contributed by atoms with Gasteiger partial charge in [0.05, 0.1) is 0 Å². The highest BCUT2D eigenvalue weighted by Crippen LogP contribution is 2.14. The van der Waals surface area contributed by atoms with Gasteiger partial charge in [0, 0.05) is 21.1 Å². The Hall–Kier alpha value is -1.50. The summed E-state index contributed by atoms with van der Waals surface area (Å²) in [4.78, 5) is 34.1. The van der Waals surface area contributed by atoms with Crippen LogP contribution in [0.2, 0.25) is 0 Å². The minimum absolute atomic E-state index is 0.0378. The van der Waals surface area contributed by atoms with Crippen molar-refractivity contribution in [1.29, 1.82) is 0 Å². The van der Waals surface area contributed by atoms with Gasteiger partial charge in [-0.05, 0) is 47.6 Å². The predicted octanol–water partition coefficient (Wildman–Crippen LogP) is 2.85. The smallest absolute Gasteiger partial charge is 0.330 e. The van der Waals surface area contributed by atoms with E-state index in [1.54, 1.807) is 24.3 Å². The molecule has 0 heterocycles. The molecule has 0 aliphatic carbocycles. The van der Waals surface area contributed by atoms with Gasteiger partial charge in [0.25, 0.3) is 0 Å². The SMILES string of the molecule is C=C(CCCC(=O)C(=O)c1ccccc1I)C(=O)O. The summed E-state index contributed by atoms with van der Waals surface area (Å²) in [7, 11) is 0. The number of Topliss-reactive ketones (excluding diaryl/α,β-unsaturated/α-hetero) is 2. The van der Waals surface area contributed by atoms with Crippen LogP contribution in [0.25, 0.3) is 0 Å². The second kappa shape index (κ2) is 7.18. The van der Waals surface area contributed by atoms with E-state index in [-0.39, 0.29) is 18.4 Å². The Labute approximate surface area is 124 Å². The van der Waals surface area contributed by atoms with Gasteiger partial charge in [0.2, 0.25) is 11.6 Å². The number of ketones is 2. The Balaban J connectivity index is 2.55. The van der Waals surface area contributed by atoms with Crippen LogP contribution in [0.4, 0.5) is 0 Å². The summed E-state index contributed by atoms with van der Waals surface area (Å²) in [6.07, 6.45) is 0.565. The Morgan fingerprint density at radius 3 is 2.37 bits per heavy atom. The topological polar surface area (TPSA) is 71.4 Å². The number of hydrogen-bond donors (Lipinski definition) is 1. The number of halogens is 1. The van der Waals surface area contributed by atoms with Crippen LogP contribution in [0.1, 0.15) is 29.6 Å². The lowest BCUT2D eigenvalue weighted by Gasteiger charge is -2.03. The fraction of sp³-hybridized carbons (Fsp3) is 0.214. The quantitative estimate of drug-likeness (QED) is 0.346. The largest absolute Gasteiger partial charge is 0.478 e. The van der Waals surface area contributed by atoms with Crippen molar-refractivity contribution >= 4 is 40.1 Å². The third-order valence-corrected chi connectivity index (χ3v) is 3.50. The zero-order valence-electron chi connectivity index (χ0n) is 10.2. The highest BCUT2D eigenvalue weighted by atomic mass is 127. The molecule has 0 spiro atoms. The number of rotatable bonds is 7. The van der Waals surface area contributed by atoms with Crippen molar-refractivity contribution in [3.8, 4) is 0 Å². The number of benzene rings is 1. The summed E-state index contributed by atoms with van der Waals surface area (Å²) in [6, 6.07) is 6.86. The predicted molar refractivity (Wildman–Crippen MR) is 79.1 cm³/mol. The number of carboxylic acids is 1. The van der Waals surface area contributed by atoms with E-state index in [0.29, 0.717) is 12.0 Å². The van der Waals surface area contributed by atoms with E-state index in [2.05, 4.69) is 6.58 Å². The van der Waals surface area contributed by atoms with Crippen molar-refractivity contribution in [1.82, 2.24) is 0 Å². The molecule has 1 rings (SSSR count). The Morgan fingerprint density at radius 1 is 1.16 bits per heavy atom. The molecule has 1 N–H and O–H groups in total. The van der Waals surface area contributed by atoms with E-state index < -0.39 is 17.5 Å². The number of aliphatic carboxylic acids is 1. The van der Waals surface area contributed by atoms with Crippen LogP contribution in [-0.4, -0.2) is 22.6 Å². The summed E-state index contributed by atoms with van der Waals surface area (Å²) in [5, 5.41) is 8.62. The van der Waals surface area contributed by atoms with Gasteiger partial charge in [-0.15, -0.1) is 0 Å². The third kappa shape index (κ3) is 4.59. The van der Waals surface area contributed by atoms with Gasteiger partial charge in [-0.2, -0.15) is 0 Å². The lowest BCUT2D eigenvalue weighted by molar-refractivity contribution is -0.132. The second-order valence-electron chi connectivity index (χ2n) is 3.99. The first-order valence-electron chi connectivity index (χ1n) is 5.66. The van der Waals surface area contributed by atoms with E-state index in [9.17, 15) is 14.4 Å². The maximum Gasteiger partial charge on any atom is 0.330 e. The lowest BCUT2D eigenvalue weighted by Crippen LogP contribution is -2.15. The molecule has 0 fully saturated rings. The molecular weight excluding hydrogens is 359 g/mol. The van der Waals surface area contributed by atoms with E-state index in [0.717, 1.165) is 3.57 Å². The summed E-state index contributed by atoms with van der Waals surface area (Å²) in [6.45, 7) is 3.37. The first-order valence-corrected chi connectivity index (χ1v) is 6.74. The molecule has 0 saturated carbocycles. The summed E-state index contributed by atoms with van der Waals surface area (Å²) >= 11 is 2.00. The molecule has 100 valence electrons. The van der Waals surface area contributed by atoms with Crippen molar-refractivity contribution in [2.45, 2.75) is 19.3 Å². The molecule has 0 aromatic heterocycles. The number of carbonyl (C=O) groups excluding carboxylic acids is 2. The molecular formula is C14H13IO4. The maximum absolute atomic E-state index is 11.9. The van der Waals surface area contributed by atoms with Gasteiger partial charge in [0.15, 0.2) is 0 Å². The first-order chi connectivity index (χ1) is 8.93. The molecule has 0 radical (unpaired) electrons. The fourth-order valence-electron chi connectivity index (χ4n) is 1.48. The molecule has 4 nitrogen and oxygen atoms in total. The normalized spacial score (nSPS) is 9.95. The lowest BCUT2D eigenvalue weighted by atomic mass is 10.0. The molecule has 0 atom stereocenters. The van der Waals surface area contributed by atoms with Gasteiger partial charge < -0.3 is 5.11 Å². The van der Waals surface area contributed by atoms with E-state index >= 15 is 0 Å². The molecule has 5 heteroatoms. The summed E-state index contributed by atoms with van der Waals surface area (Å²) in [5.74, 6) is -2.09. The molecule has 0 unspecified atom stereocenters. The van der Waals surface area contributed by atoms with Crippen molar-refractivity contribution < 1.29 is 19.5 Å². The average Bonchev–Trinajstić information content (AvgIpc) is 2.38. The first kappa shape index (κ1) is 15.6. The number of carbonyl (C=O) groups is 3. The second-order valence-corrected chi connectivity index (χ2v) is 5.16. The minimum Gasteiger partial charge on any atom is -0.478 e. The molecule has 0 saturated heterocycles. The minimum atomic E-state index is -1.07. The van der Waals surface area contributed by atoms with E-state index in [4.69, 9.17) is 5.11 Å². The molecule has 0 amide bonds. The van der Waals surface area contributed by atoms with Crippen molar-refractivity contribution in [3.05, 3.63) is 45.6 Å². The monoisotopic (exact) mass is 372 g/mol. The van der Waals surface area contributed by atoms with Crippen molar-refractivity contribution in [2.75, 3.05) is 0 Å². The number of carboxylic acid groups (broad SMARTS) is 1. The highest BCUT2D eigenvalue weighted by Gasteiger charge is 2.18. The zero-order valence-corrected chi connectivity index (χ0v) is 12.3. The van der Waals surface area contributed by atoms with Gasteiger partial charge in [0.1, 0.15) is 0 Å². The fourth-order valence-corrected chi connectivity index (χ4v) is 2.11. The van der Waals surface area contributed by atoms with Gasteiger partial charge in [-0.25, -0.2) is 4.79 Å². The average molecular weight is 372 g/mol. The molecule has 1 aromatic carbocycles. The molecule has 0 aliphatic rings. The van der Waals surface area contributed by atoms with Crippen LogP contribution in [0.3, 0.4) is 0 Å². The van der Waals surface area contributed by atoms with Crippen molar-refractivity contribution in [2.24, 2.45) is 0 Å². The van der Waals surface area contributed by atoms with Crippen molar-refractivity contribution in [3.63, 3.8) is 0 Å². The Morgan fingerprint density at radius 2 is 1.79 bits per heavy atom. The van der Waals surface area contributed by atoms with Crippen LogP contribution in [0.5, 0.6) is 0 Å². The van der Waals surface area contributed by atoms with E-state index in [1.165, 1.54) is 0 Å². The van der Waals surface area contributed by atoms with Crippen LogP contribution in [-0.2, 0) is 9.59 Å². The summed E-state index contributed by atoms with van der Waals surface area (Å²) < 4.78 is 0.730.